The predicted octanol–water partition coefficient (Wildman–Crippen LogP) is 2.71. The monoisotopic (exact) mass is 473 g/mol. The van der Waals surface area contributed by atoms with Gasteiger partial charge in [-0.1, -0.05) is 17.3 Å². The minimum absolute atomic E-state index is 0.121. The Kier molecular flexibility index (Phi) is 10.7. The number of carbonyl (C=O) groups excluding carboxylic acids is 2. The Morgan fingerprint density at radius 3 is 2.85 bits per heavy atom. The van der Waals surface area contributed by atoms with Crippen molar-refractivity contribution >= 4 is 24.2 Å². The number of methoxy groups -OCH3 is 1. The number of pyridine rings is 1. The molecule has 0 radical (unpaired) electrons. The molecule has 0 spiro atoms. The second kappa shape index (κ2) is 13.7. The van der Waals surface area contributed by atoms with Crippen LogP contribution in [-0.2, 0) is 20.7 Å². The summed E-state index contributed by atoms with van der Waals surface area (Å²) in [6, 6.07) is 3.33. The van der Waals surface area contributed by atoms with Crippen LogP contribution in [0.3, 0.4) is 0 Å². The molecular formula is C23H28FN5O5. The Morgan fingerprint density at radius 1 is 1.44 bits per heavy atom. The Balaban J connectivity index is 0.000000945. The SMILES string of the molecule is C/C=C/c1noc(CCC(=O)NC2=C(C(=O)OC)CC(c3cccnc3F)CC2)n1.N=CCO. The zero-order valence-electron chi connectivity index (χ0n) is 19.1. The van der Waals surface area contributed by atoms with Gasteiger partial charge in [0.1, 0.15) is 0 Å². The number of nitrogens with one attached hydrogen (secondary N) is 2. The highest BCUT2D eigenvalue weighted by molar-refractivity contribution is 5.91. The fraction of sp³-hybridized carbons (Fsp3) is 0.391. The first-order chi connectivity index (χ1) is 16.4. The van der Waals surface area contributed by atoms with Gasteiger partial charge in [0.05, 0.1) is 19.3 Å². The summed E-state index contributed by atoms with van der Waals surface area (Å²) in [6.45, 7) is 1.70. The van der Waals surface area contributed by atoms with Crippen LogP contribution in [0, 0.1) is 11.4 Å². The van der Waals surface area contributed by atoms with E-state index in [2.05, 4.69) is 20.4 Å². The highest BCUT2D eigenvalue weighted by Gasteiger charge is 2.29. The minimum atomic E-state index is -0.545. The first-order valence-corrected chi connectivity index (χ1v) is 10.7. The number of aliphatic hydroxyl groups is 1. The fourth-order valence-electron chi connectivity index (χ4n) is 3.41. The van der Waals surface area contributed by atoms with E-state index in [-0.39, 0.29) is 37.7 Å². The summed E-state index contributed by atoms with van der Waals surface area (Å²) in [4.78, 5) is 32.5. The minimum Gasteiger partial charge on any atom is -0.466 e. The van der Waals surface area contributed by atoms with Gasteiger partial charge in [-0.25, -0.2) is 9.78 Å². The number of aromatic nitrogens is 3. The number of rotatable bonds is 8. The van der Waals surface area contributed by atoms with Gasteiger partial charge in [0.15, 0.2) is 5.82 Å². The third-order valence-electron chi connectivity index (χ3n) is 4.96. The van der Waals surface area contributed by atoms with E-state index in [1.165, 1.54) is 13.3 Å². The number of esters is 1. The number of hydrogen-bond acceptors (Lipinski definition) is 9. The van der Waals surface area contributed by atoms with Crippen molar-refractivity contribution in [2.24, 2.45) is 0 Å². The summed E-state index contributed by atoms with van der Waals surface area (Å²) in [5.41, 5.74) is 1.31. The molecule has 1 atom stereocenters. The van der Waals surface area contributed by atoms with Gasteiger partial charge in [-0.2, -0.15) is 9.37 Å². The average molecular weight is 474 g/mol. The highest BCUT2D eigenvalue weighted by Crippen LogP contribution is 2.36. The lowest BCUT2D eigenvalue weighted by Gasteiger charge is -2.26. The molecule has 34 heavy (non-hydrogen) atoms. The van der Waals surface area contributed by atoms with Crippen molar-refractivity contribution in [1.29, 1.82) is 5.41 Å². The quantitative estimate of drug-likeness (QED) is 0.301. The van der Waals surface area contributed by atoms with Gasteiger partial charge in [0.25, 0.3) is 0 Å². The van der Waals surface area contributed by atoms with Gasteiger partial charge in [0, 0.05) is 36.5 Å². The Morgan fingerprint density at radius 2 is 2.21 bits per heavy atom. The number of allylic oxidation sites excluding steroid dienone is 2. The van der Waals surface area contributed by atoms with E-state index in [0.717, 1.165) is 6.21 Å². The molecule has 182 valence electrons. The summed E-state index contributed by atoms with van der Waals surface area (Å²) < 4.78 is 24.0. The zero-order valence-corrected chi connectivity index (χ0v) is 19.1. The van der Waals surface area contributed by atoms with Crippen molar-refractivity contribution in [3.05, 3.63) is 58.9 Å². The molecule has 10 nitrogen and oxygen atoms in total. The Hall–Kier alpha value is -3.73. The van der Waals surface area contributed by atoms with Crippen molar-refractivity contribution in [2.75, 3.05) is 13.7 Å². The van der Waals surface area contributed by atoms with Crippen LogP contribution in [0.25, 0.3) is 6.08 Å². The van der Waals surface area contributed by atoms with Gasteiger partial charge in [-0.3, -0.25) is 4.79 Å². The number of hydrogen-bond donors (Lipinski definition) is 3. The zero-order chi connectivity index (χ0) is 24.9. The normalized spacial score (nSPS) is 15.5. The summed E-state index contributed by atoms with van der Waals surface area (Å²) in [6.07, 6.45) is 7.46. The molecule has 0 aliphatic heterocycles. The first-order valence-electron chi connectivity index (χ1n) is 10.7. The maximum absolute atomic E-state index is 14.1. The first kappa shape index (κ1) is 26.5. The smallest absolute Gasteiger partial charge is 0.335 e. The molecule has 3 rings (SSSR count). The molecule has 1 aliphatic rings. The van der Waals surface area contributed by atoms with Crippen LogP contribution in [0.1, 0.15) is 55.8 Å². The molecule has 1 unspecified atom stereocenters. The fourth-order valence-corrected chi connectivity index (χ4v) is 3.41. The van der Waals surface area contributed by atoms with E-state index < -0.39 is 11.9 Å². The van der Waals surface area contributed by atoms with E-state index in [4.69, 9.17) is 19.8 Å². The lowest BCUT2D eigenvalue weighted by molar-refractivity contribution is -0.136. The number of aliphatic hydroxyl groups excluding tert-OH is 1. The summed E-state index contributed by atoms with van der Waals surface area (Å²) in [5.74, 6) is -0.760. The topological polar surface area (TPSA) is 151 Å². The van der Waals surface area contributed by atoms with Gasteiger partial charge in [-0.15, -0.1) is 0 Å². The molecule has 2 aromatic heterocycles. The van der Waals surface area contributed by atoms with Crippen LogP contribution in [0.15, 0.2) is 40.2 Å². The lowest BCUT2D eigenvalue weighted by atomic mass is 9.82. The molecule has 2 aromatic rings. The molecule has 1 amide bonds. The molecule has 0 saturated carbocycles. The third kappa shape index (κ3) is 7.69. The van der Waals surface area contributed by atoms with Crippen LogP contribution >= 0.6 is 0 Å². The van der Waals surface area contributed by atoms with Crippen LogP contribution in [0.2, 0.25) is 0 Å². The lowest BCUT2D eigenvalue weighted by Crippen LogP contribution is -2.29. The summed E-state index contributed by atoms with van der Waals surface area (Å²) >= 11 is 0. The Bertz CT molecular complexity index is 1050. The van der Waals surface area contributed by atoms with E-state index in [1.807, 2.05) is 6.92 Å². The molecule has 0 saturated heterocycles. The molecule has 3 N–H and O–H groups in total. The van der Waals surface area contributed by atoms with Crippen molar-refractivity contribution in [3.63, 3.8) is 0 Å². The van der Waals surface area contributed by atoms with E-state index in [1.54, 1.807) is 24.3 Å². The van der Waals surface area contributed by atoms with Gasteiger partial charge >= 0.3 is 5.97 Å². The molecule has 11 heteroatoms. The van der Waals surface area contributed by atoms with Crippen LogP contribution < -0.4 is 5.32 Å². The highest BCUT2D eigenvalue weighted by atomic mass is 19.1. The molecule has 0 aromatic carbocycles. The average Bonchev–Trinajstić information content (AvgIpc) is 3.31. The molecular weight excluding hydrogens is 445 g/mol. The van der Waals surface area contributed by atoms with Gasteiger partial charge in [0.2, 0.25) is 17.7 Å². The number of nitrogens with zero attached hydrogens (tertiary/aromatic N) is 3. The van der Waals surface area contributed by atoms with E-state index >= 15 is 0 Å². The van der Waals surface area contributed by atoms with Gasteiger partial charge < -0.3 is 25.1 Å². The number of carbonyl (C=O) groups is 2. The number of amides is 1. The second-order valence-electron chi connectivity index (χ2n) is 7.25. The molecule has 2 heterocycles. The molecule has 0 bridgehead atoms. The standard InChI is InChI=1S/C21H23FN4O4.C2H5NO/c1-3-5-17-25-19(30-26-17)10-9-18(27)24-16-8-7-13(12-15(16)21(28)29-2)14-6-4-11-23-20(14)22;3-1-2-4/h3-6,11,13H,7-10,12H2,1-2H3,(H,24,27);1,3-4H,2H2/b5-3+;. The van der Waals surface area contributed by atoms with Crippen molar-refractivity contribution in [3.8, 4) is 0 Å². The number of aryl methyl sites for hydroxylation is 1. The van der Waals surface area contributed by atoms with E-state index in [9.17, 15) is 14.0 Å². The Labute approximate surface area is 196 Å². The summed E-state index contributed by atoms with van der Waals surface area (Å²) in [7, 11) is 1.28. The molecule has 1 aliphatic carbocycles. The second-order valence-corrected chi connectivity index (χ2v) is 7.25. The largest absolute Gasteiger partial charge is 0.466 e. The maximum atomic E-state index is 14.1. The van der Waals surface area contributed by atoms with Gasteiger partial charge in [-0.05, 0) is 44.2 Å². The number of halogens is 1. The van der Waals surface area contributed by atoms with Crippen LogP contribution in [0.5, 0.6) is 0 Å². The van der Waals surface area contributed by atoms with Crippen molar-refractivity contribution in [2.45, 2.75) is 44.9 Å². The predicted molar refractivity (Wildman–Crippen MR) is 121 cm³/mol. The maximum Gasteiger partial charge on any atom is 0.335 e. The van der Waals surface area contributed by atoms with Crippen LogP contribution in [0.4, 0.5) is 4.39 Å². The number of ether oxygens (including phenoxy) is 1. The molecule has 0 fully saturated rings. The summed E-state index contributed by atoms with van der Waals surface area (Å²) in [5, 5.41) is 20.3. The van der Waals surface area contributed by atoms with Crippen molar-refractivity contribution < 1.29 is 28.3 Å². The van der Waals surface area contributed by atoms with E-state index in [0.29, 0.717) is 41.4 Å². The van der Waals surface area contributed by atoms with Crippen LogP contribution in [-0.4, -0.2) is 52.0 Å². The van der Waals surface area contributed by atoms with Crippen molar-refractivity contribution in [1.82, 2.24) is 20.4 Å². The third-order valence-corrected chi connectivity index (χ3v) is 4.96.